The zero-order valence-electron chi connectivity index (χ0n) is 13.2. The topological polar surface area (TPSA) is 46.2 Å². The van der Waals surface area contributed by atoms with Crippen molar-refractivity contribution in [3.8, 4) is 0 Å². The number of rotatable bonds is 7. The molecular weight excluding hydrogens is 282 g/mol. The predicted octanol–water partition coefficient (Wildman–Crippen LogP) is 2.70. The van der Waals surface area contributed by atoms with E-state index >= 15 is 0 Å². The second-order valence-electron chi connectivity index (χ2n) is 6.30. The first kappa shape index (κ1) is 16.5. The van der Waals surface area contributed by atoms with Crippen molar-refractivity contribution in [2.45, 2.75) is 44.4 Å². The normalized spacial score (nSPS) is 22.0. The molecule has 0 saturated carbocycles. The maximum Gasteiger partial charge on any atom is 0.147 e. The summed E-state index contributed by atoms with van der Waals surface area (Å²) in [4.78, 5) is 0. The van der Waals surface area contributed by atoms with Gasteiger partial charge in [-0.3, -0.25) is 0 Å². The molecule has 0 saturated heterocycles. The third-order valence-electron chi connectivity index (χ3n) is 4.57. The van der Waals surface area contributed by atoms with E-state index in [2.05, 4.69) is 36.5 Å². The van der Waals surface area contributed by atoms with Crippen molar-refractivity contribution in [1.82, 2.24) is 5.32 Å². The minimum atomic E-state index is -2.87. The molecule has 1 aromatic rings. The number of hydrogen-bond acceptors (Lipinski definition) is 3. The van der Waals surface area contributed by atoms with Gasteiger partial charge in [-0.2, -0.15) is 0 Å². The van der Waals surface area contributed by atoms with Crippen LogP contribution in [-0.2, 0) is 21.7 Å². The number of sulfone groups is 1. The molecule has 0 radical (unpaired) electrons. The number of nitrogens with one attached hydrogen (secondary N) is 1. The average Bonchev–Trinajstić information content (AvgIpc) is 2.44. The number of hydrogen-bond donors (Lipinski definition) is 1. The Bertz CT molecular complexity index is 568. The lowest BCUT2D eigenvalue weighted by molar-refractivity contribution is 0.316. The van der Waals surface area contributed by atoms with Crippen LogP contribution in [0.15, 0.2) is 24.3 Å². The van der Waals surface area contributed by atoms with Crippen LogP contribution >= 0.6 is 0 Å². The predicted molar refractivity (Wildman–Crippen MR) is 88.5 cm³/mol. The standard InChI is InChI=1S/C17H27NO2S/c1-3-18-14-17(12-7-13-21(2,19)20)11-6-9-15-8-4-5-10-16(15)17/h4-5,8,10,18H,3,6-7,9,11-14H2,1-2H3. The van der Waals surface area contributed by atoms with Crippen molar-refractivity contribution in [2.75, 3.05) is 25.1 Å². The summed E-state index contributed by atoms with van der Waals surface area (Å²) in [7, 11) is -2.87. The molecule has 0 amide bonds. The number of benzene rings is 1. The Balaban J connectivity index is 2.22. The summed E-state index contributed by atoms with van der Waals surface area (Å²) in [5, 5.41) is 3.50. The first-order valence-electron chi connectivity index (χ1n) is 7.94. The molecule has 1 aliphatic carbocycles. The van der Waals surface area contributed by atoms with E-state index in [1.165, 1.54) is 23.8 Å². The number of likely N-dealkylation sites (N-methyl/N-ethyl adjacent to an activating group) is 1. The molecule has 118 valence electrons. The summed E-state index contributed by atoms with van der Waals surface area (Å²) in [5.41, 5.74) is 2.99. The monoisotopic (exact) mass is 309 g/mol. The molecule has 0 heterocycles. The summed E-state index contributed by atoms with van der Waals surface area (Å²) in [6.45, 7) is 4.03. The lowest BCUT2D eigenvalue weighted by atomic mass is 9.67. The highest BCUT2D eigenvalue weighted by Gasteiger charge is 2.35. The van der Waals surface area contributed by atoms with Crippen LogP contribution < -0.4 is 5.32 Å². The van der Waals surface area contributed by atoms with Gasteiger partial charge in [-0.15, -0.1) is 0 Å². The van der Waals surface area contributed by atoms with Crippen molar-refractivity contribution < 1.29 is 8.42 Å². The van der Waals surface area contributed by atoms with E-state index < -0.39 is 9.84 Å². The SMILES string of the molecule is CCNCC1(CCCS(C)(=O)=O)CCCc2ccccc21. The van der Waals surface area contributed by atoms with Crippen molar-refractivity contribution >= 4 is 9.84 Å². The third-order valence-corrected chi connectivity index (χ3v) is 5.60. The highest BCUT2D eigenvalue weighted by atomic mass is 32.2. The van der Waals surface area contributed by atoms with Gasteiger partial charge in [-0.1, -0.05) is 31.2 Å². The summed E-state index contributed by atoms with van der Waals surface area (Å²) in [6, 6.07) is 8.69. The lowest BCUT2D eigenvalue weighted by Crippen LogP contribution is -2.41. The van der Waals surface area contributed by atoms with E-state index in [0.29, 0.717) is 5.75 Å². The fourth-order valence-electron chi connectivity index (χ4n) is 3.58. The molecular formula is C17H27NO2S. The molecule has 21 heavy (non-hydrogen) atoms. The maximum atomic E-state index is 11.4. The molecule has 0 bridgehead atoms. The zero-order chi connectivity index (χ0) is 15.3. The van der Waals surface area contributed by atoms with Gasteiger partial charge in [-0.25, -0.2) is 8.42 Å². The molecule has 1 aliphatic rings. The van der Waals surface area contributed by atoms with Crippen LogP contribution in [0.3, 0.4) is 0 Å². The Hall–Kier alpha value is -0.870. The Morgan fingerprint density at radius 3 is 2.76 bits per heavy atom. The lowest BCUT2D eigenvalue weighted by Gasteiger charge is -2.40. The molecule has 2 rings (SSSR count). The van der Waals surface area contributed by atoms with Gasteiger partial charge in [0, 0.05) is 24.0 Å². The molecule has 1 unspecified atom stereocenters. The Morgan fingerprint density at radius 1 is 1.29 bits per heavy atom. The van der Waals surface area contributed by atoms with Crippen LogP contribution in [0.2, 0.25) is 0 Å². The fourth-order valence-corrected chi connectivity index (χ4v) is 4.24. The van der Waals surface area contributed by atoms with Crippen LogP contribution in [-0.4, -0.2) is 33.5 Å². The minimum absolute atomic E-state index is 0.107. The molecule has 1 aromatic carbocycles. The van der Waals surface area contributed by atoms with Gasteiger partial charge in [0.1, 0.15) is 9.84 Å². The Labute approximate surface area is 129 Å². The summed E-state index contributed by atoms with van der Waals surface area (Å²) >= 11 is 0. The molecule has 0 aromatic heterocycles. The molecule has 3 nitrogen and oxygen atoms in total. The van der Waals surface area contributed by atoms with E-state index in [9.17, 15) is 8.42 Å². The quantitative estimate of drug-likeness (QED) is 0.842. The van der Waals surface area contributed by atoms with Gasteiger partial charge in [-0.05, 0) is 49.8 Å². The Morgan fingerprint density at radius 2 is 2.05 bits per heavy atom. The summed E-state index contributed by atoms with van der Waals surface area (Å²) in [6.07, 6.45) is 6.53. The zero-order valence-corrected chi connectivity index (χ0v) is 14.0. The molecule has 0 spiro atoms. The first-order valence-corrected chi connectivity index (χ1v) is 10.00. The fraction of sp³-hybridized carbons (Fsp3) is 0.647. The highest BCUT2D eigenvalue weighted by molar-refractivity contribution is 7.90. The van der Waals surface area contributed by atoms with Crippen molar-refractivity contribution in [2.24, 2.45) is 0 Å². The van der Waals surface area contributed by atoms with Crippen LogP contribution in [0.4, 0.5) is 0 Å². The third kappa shape index (κ3) is 4.30. The molecule has 1 atom stereocenters. The maximum absolute atomic E-state index is 11.4. The average molecular weight is 309 g/mol. The van der Waals surface area contributed by atoms with Crippen molar-refractivity contribution in [3.63, 3.8) is 0 Å². The van der Waals surface area contributed by atoms with Crippen LogP contribution in [0, 0.1) is 0 Å². The number of aryl methyl sites for hydroxylation is 1. The van der Waals surface area contributed by atoms with Crippen molar-refractivity contribution in [1.29, 1.82) is 0 Å². The van der Waals surface area contributed by atoms with E-state index in [-0.39, 0.29) is 5.41 Å². The van der Waals surface area contributed by atoms with E-state index in [1.807, 2.05) is 0 Å². The van der Waals surface area contributed by atoms with Gasteiger partial charge in [0.2, 0.25) is 0 Å². The minimum Gasteiger partial charge on any atom is -0.316 e. The van der Waals surface area contributed by atoms with Gasteiger partial charge < -0.3 is 5.32 Å². The number of fused-ring (bicyclic) bond motifs is 1. The van der Waals surface area contributed by atoms with Crippen LogP contribution in [0.1, 0.15) is 43.7 Å². The summed E-state index contributed by atoms with van der Waals surface area (Å²) in [5.74, 6) is 0.295. The van der Waals surface area contributed by atoms with Gasteiger partial charge in [0.05, 0.1) is 0 Å². The molecule has 0 aliphatic heterocycles. The second kappa shape index (κ2) is 6.93. The van der Waals surface area contributed by atoms with E-state index in [4.69, 9.17) is 0 Å². The van der Waals surface area contributed by atoms with E-state index in [1.54, 1.807) is 0 Å². The second-order valence-corrected chi connectivity index (χ2v) is 8.56. The molecule has 1 N–H and O–H groups in total. The highest BCUT2D eigenvalue weighted by Crippen LogP contribution is 2.40. The largest absolute Gasteiger partial charge is 0.316 e. The Kier molecular flexibility index (Phi) is 5.44. The first-order chi connectivity index (χ1) is 9.97. The molecule has 0 fully saturated rings. The smallest absolute Gasteiger partial charge is 0.147 e. The van der Waals surface area contributed by atoms with Crippen LogP contribution in [0.5, 0.6) is 0 Å². The van der Waals surface area contributed by atoms with Gasteiger partial charge in [0.15, 0.2) is 0 Å². The van der Waals surface area contributed by atoms with Gasteiger partial charge >= 0.3 is 0 Å². The summed E-state index contributed by atoms with van der Waals surface area (Å²) < 4.78 is 22.8. The van der Waals surface area contributed by atoms with E-state index in [0.717, 1.165) is 38.8 Å². The molecule has 4 heteroatoms. The van der Waals surface area contributed by atoms with Crippen LogP contribution in [0.25, 0.3) is 0 Å². The van der Waals surface area contributed by atoms with Crippen molar-refractivity contribution in [3.05, 3.63) is 35.4 Å². The van der Waals surface area contributed by atoms with Gasteiger partial charge in [0.25, 0.3) is 0 Å².